The van der Waals surface area contributed by atoms with Crippen LogP contribution in [0.5, 0.6) is 0 Å². The third-order valence-electron chi connectivity index (χ3n) is 9.13. The molecule has 0 N–H and O–H groups in total. The van der Waals surface area contributed by atoms with Gasteiger partial charge in [-0.1, -0.05) is 273 Å². The SMILES string of the molecule is CC#N.c1ccc(P(c2ccccc2)c2ccccc2)cc1.c1ccc(P(c2ccccc2)c2ccccc2)cc1.c1ccc(P(c2ccccc2)c2ccccc2)cc1. The predicted octanol–water partition coefficient (Wildman–Crippen LogP) is 10.9. The van der Waals surface area contributed by atoms with Crippen molar-refractivity contribution >= 4 is 71.5 Å². The van der Waals surface area contributed by atoms with Crippen molar-refractivity contribution in [1.82, 2.24) is 0 Å². The van der Waals surface area contributed by atoms with E-state index in [0.717, 1.165) is 0 Å². The maximum atomic E-state index is 7.32. The van der Waals surface area contributed by atoms with E-state index >= 15 is 0 Å². The van der Waals surface area contributed by atoms with Crippen molar-refractivity contribution in [2.45, 2.75) is 6.92 Å². The molecule has 0 bridgehead atoms. The maximum Gasteiger partial charge on any atom is 0.0587 e. The van der Waals surface area contributed by atoms with Gasteiger partial charge in [0.15, 0.2) is 0 Å². The molecule has 0 aliphatic carbocycles. The van der Waals surface area contributed by atoms with E-state index in [4.69, 9.17) is 5.26 Å². The molecule has 1 nitrogen and oxygen atoms in total. The molecule has 9 aromatic rings. The van der Waals surface area contributed by atoms with Crippen molar-refractivity contribution in [2.24, 2.45) is 0 Å². The molecule has 9 aromatic carbocycles. The van der Waals surface area contributed by atoms with E-state index in [1.165, 1.54) is 54.7 Å². The lowest BCUT2D eigenvalue weighted by Crippen LogP contribution is -2.20. The van der Waals surface area contributed by atoms with Crippen molar-refractivity contribution in [1.29, 1.82) is 5.26 Å². The Morgan fingerprint density at radius 3 is 0.383 bits per heavy atom. The fourth-order valence-corrected chi connectivity index (χ4v) is 13.5. The molecule has 0 heterocycles. The standard InChI is InChI=1S/3C18H15P.C2H3N/c3*1-4-10-16(11-5-1)19(17-12-6-2-7-13-17)18-14-8-3-9-15-18;1-2-3/h3*1-15H;1H3. The summed E-state index contributed by atoms with van der Waals surface area (Å²) in [7, 11) is -1.34. The summed E-state index contributed by atoms with van der Waals surface area (Å²) in [5.41, 5.74) is 0. The van der Waals surface area contributed by atoms with Gasteiger partial charge in [0.25, 0.3) is 0 Å². The topological polar surface area (TPSA) is 23.8 Å². The van der Waals surface area contributed by atoms with E-state index in [0.29, 0.717) is 0 Å². The van der Waals surface area contributed by atoms with Crippen LogP contribution in [0, 0.1) is 11.3 Å². The van der Waals surface area contributed by atoms with Crippen molar-refractivity contribution in [3.05, 3.63) is 273 Å². The zero-order chi connectivity index (χ0) is 41.5. The molecule has 0 spiro atoms. The van der Waals surface area contributed by atoms with E-state index in [9.17, 15) is 0 Å². The summed E-state index contributed by atoms with van der Waals surface area (Å²) in [6, 6.07) is 98.7. The fourth-order valence-electron chi connectivity index (χ4n) is 6.54. The van der Waals surface area contributed by atoms with Crippen LogP contribution in [0.2, 0.25) is 0 Å². The Bertz CT molecular complexity index is 1960. The van der Waals surface area contributed by atoms with E-state index < -0.39 is 23.8 Å². The molecule has 0 fully saturated rings. The van der Waals surface area contributed by atoms with Crippen LogP contribution in [-0.4, -0.2) is 0 Å². The quantitative estimate of drug-likeness (QED) is 0.133. The van der Waals surface area contributed by atoms with Gasteiger partial charge in [-0.25, -0.2) is 0 Å². The van der Waals surface area contributed by atoms with Crippen molar-refractivity contribution < 1.29 is 0 Å². The molecule has 0 saturated carbocycles. The van der Waals surface area contributed by atoms with Crippen molar-refractivity contribution in [2.75, 3.05) is 0 Å². The molecule has 0 aromatic heterocycles. The predicted molar refractivity (Wildman–Crippen MR) is 267 cm³/mol. The van der Waals surface area contributed by atoms with Gasteiger partial charge in [0.05, 0.1) is 6.07 Å². The van der Waals surface area contributed by atoms with Gasteiger partial charge < -0.3 is 0 Å². The Balaban J connectivity index is 0.000000146. The number of benzene rings is 9. The fraction of sp³-hybridized carbons (Fsp3) is 0.0179. The lowest BCUT2D eigenvalue weighted by atomic mass is 10.4. The Morgan fingerprint density at radius 2 is 0.300 bits per heavy atom. The molecular formula is C56H48NP3. The van der Waals surface area contributed by atoms with Crippen LogP contribution in [0.1, 0.15) is 6.92 Å². The maximum absolute atomic E-state index is 7.32. The number of nitrogens with zero attached hydrogens (tertiary/aromatic N) is 1. The molecule has 0 saturated heterocycles. The molecule has 9 rings (SSSR count). The summed E-state index contributed by atoms with van der Waals surface area (Å²) >= 11 is 0. The Hall–Kier alpha value is -6.24. The van der Waals surface area contributed by atoms with Crippen LogP contribution in [0.4, 0.5) is 0 Å². The highest BCUT2D eigenvalue weighted by Crippen LogP contribution is 2.34. The molecule has 0 aliphatic rings. The molecule has 60 heavy (non-hydrogen) atoms. The van der Waals surface area contributed by atoms with Gasteiger partial charge in [0, 0.05) is 6.92 Å². The van der Waals surface area contributed by atoms with Gasteiger partial charge >= 0.3 is 0 Å². The van der Waals surface area contributed by atoms with Crippen LogP contribution in [0.3, 0.4) is 0 Å². The summed E-state index contributed by atoms with van der Waals surface area (Å²) < 4.78 is 0. The summed E-state index contributed by atoms with van der Waals surface area (Å²) in [4.78, 5) is 0. The zero-order valence-corrected chi connectivity index (χ0v) is 36.5. The first-order valence-corrected chi connectivity index (χ1v) is 24.0. The van der Waals surface area contributed by atoms with E-state index in [1.54, 1.807) is 6.07 Å². The summed E-state index contributed by atoms with van der Waals surface area (Å²) in [6.07, 6.45) is 0. The normalized spacial score (nSPS) is 10.2. The smallest absolute Gasteiger partial charge is 0.0587 e. The van der Waals surface area contributed by atoms with Crippen LogP contribution >= 0.6 is 23.8 Å². The first-order valence-electron chi connectivity index (χ1n) is 19.9. The highest BCUT2D eigenvalue weighted by molar-refractivity contribution is 7.80. The monoisotopic (exact) mass is 827 g/mol. The second-order valence-electron chi connectivity index (χ2n) is 13.2. The average molecular weight is 828 g/mol. The third-order valence-corrected chi connectivity index (χ3v) is 16.5. The van der Waals surface area contributed by atoms with Gasteiger partial charge in [-0.05, 0) is 71.5 Å². The number of hydrogen-bond donors (Lipinski definition) is 0. The minimum atomic E-state index is -0.446. The summed E-state index contributed by atoms with van der Waals surface area (Å²) in [5, 5.41) is 19.9. The second-order valence-corrected chi connectivity index (χ2v) is 19.9. The van der Waals surface area contributed by atoms with Crippen LogP contribution in [-0.2, 0) is 0 Å². The first-order chi connectivity index (χ1) is 29.8. The van der Waals surface area contributed by atoms with E-state index in [1.807, 2.05) is 0 Å². The van der Waals surface area contributed by atoms with Crippen molar-refractivity contribution in [3.63, 3.8) is 0 Å². The van der Waals surface area contributed by atoms with E-state index in [-0.39, 0.29) is 0 Å². The van der Waals surface area contributed by atoms with Crippen LogP contribution in [0.15, 0.2) is 273 Å². The van der Waals surface area contributed by atoms with Gasteiger partial charge in [-0.2, -0.15) is 5.26 Å². The van der Waals surface area contributed by atoms with Crippen molar-refractivity contribution in [3.8, 4) is 6.07 Å². The molecule has 0 unspecified atom stereocenters. The Labute approximate surface area is 361 Å². The highest BCUT2D eigenvalue weighted by atomic mass is 31.1. The van der Waals surface area contributed by atoms with Gasteiger partial charge in [-0.3, -0.25) is 0 Å². The average Bonchev–Trinajstić information content (AvgIpc) is 3.33. The number of rotatable bonds is 9. The lowest BCUT2D eigenvalue weighted by Gasteiger charge is -2.18. The Kier molecular flexibility index (Phi) is 17.8. The highest BCUT2D eigenvalue weighted by Gasteiger charge is 2.17. The molecule has 292 valence electrons. The molecule has 0 amide bonds. The second kappa shape index (κ2) is 24.6. The molecule has 0 atom stereocenters. The van der Waals surface area contributed by atoms with Crippen LogP contribution < -0.4 is 47.7 Å². The van der Waals surface area contributed by atoms with E-state index in [2.05, 4.69) is 273 Å². The molecule has 0 aliphatic heterocycles. The zero-order valence-electron chi connectivity index (χ0n) is 33.8. The Morgan fingerprint density at radius 1 is 0.217 bits per heavy atom. The van der Waals surface area contributed by atoms with Crippen LogP contribution in [0.25, 0.3) is 0 Å². The molecule has 0 radical (unpaired) electrons. The number of nitriles is 1. The van der Waals surface area contributed by atoms with Gasteiger partial charge in [0.1, 0.15) is 0 Å². The summed E-state index contributed by atoms with van der Waals surface area (Å²) in [5.74, 6) is 0. The minimum Gasteiger partial charge on any atom is -0.199 e. The first kappa shape index (κ1) is 43.3. The third kappa shape index (κ3) is 12.9. The number of hydrogen-bond acceptors (Lipinski definition) is 1. The largest absolute Gasteiger partial charge is 0.199 e. The summed E-state index contributed by atoms with van der Waals surface area (Å²) in [6.45, 7) is 1.43. The molecule has 4 heteroatoms. The molecular weight excluding hydrogens is 780 g/mol. The minimum absolute atomic E-state index is 0.446. The lowest BCUT2D eigenvalue weighted by molar-refractivity contribution is 1.49. The van der Waals surface area contributed by atoms with Gasteiger partial charge in [0.2, 0.25) is 0 Å². The van der Waals surface area contributed by atoms with Gasteiger partial charge in [-0.15, -0.1) is 0 Å².